The van der Waals surface area contributed by atoms with Gasteiger partial charge in [0.05, 0.1) is 22.7 Å². The fourth-order valence-electron chi connectivity index (χ4n) is 6.04. The second kappa shape index (κ2) is 9.23. The van der Waals surface area contributed by atoms with Crippen molar-refractivity contribution >= 4 is 23.2 Å². The van der Waals surface area contributed by atoms with Gasteiger partial charge in [0.1, 0.15) is 22.8 Å². The third kappa shape index (κ3) is 4.30. The van der Waals surface area contributed by atoms with Crippen molar-refractivity contribution in [3.8, 4) is 0 Å². The van der Waals surface area contributed by atoms with Crippen molar-refractivity contribution in [2.45, 2.75) is 57.1 Å². The second-order valence-corrected chi connectivity index (χ2v) is 10.3. The first-order valence-corrected chi connectivity index (χ1v) is 12.3. The summed E-state index contributed by atoms with van der Waals surface area (Å²) in [7, 11) is 1.74. The highest BCUT2D eigenvalue weighted by Crippen LogP contribution is 2.57. The summed E-state index contributed by atoms with van der Waals surface area (Å²) >= 11 is 5.84. The van der Waals surface area contributed by atoms with E-state index in [1.165, 1.54) is 28.9 Å². The summed E-state index contributed by atoms with van der Waals surface area (Å²) in [5.74, 6) is -0.572. The van der Waals surface area contributed by atoms with Crippen LogP contribution in [0.2, 0.25) is 5.02 Å². The molecule has 0 saturated heterocycles. The number of carbonyl (C=O) groups is 1. The van der Waals surface area contributed by atoms with Crippen molar-refractivity contribution in [3.05, 3.63) is 64.2 Å². The number of hydrogen-bond acceptors (Lipinski definition) is 4. The predicted octanol–water partition coefficient (Wildman–Crippen LogP) is 5.41. The monoisotopic (exact) mass is 521 g/mol. The maximum absolute atomic E-state index is 13.5. The highest BCUT2D eigenvalue weighted by Gasteiger charge is 2.52. The minimum atomic E-state index is -2.69. The molecule has 1 aromatic carbocycles. The van der Waals surface area contributed by atoms with Gasteiger partial charge in [0.15, 0.2) is 0 Å². The zero-order valence-electron chi connectivity index (χ0n) is 19.9. The van der Waals surface area contributed by atoms with Crippen molar-refractivity contribution in [1.82, 2.24) is 19.3 Å². The van der Waals surface area contributed by atoms with Crippen LogP contribution in [0.3, 0.4) is 0 Å². The normalized spacial score (nSPS) is 25.5. The zero-order chi connectivity index (χ0) is 25.8. The number of nitrogens with zero attached hydrogens (tertiary/aromatic N) is 4. The van der Waals surface area contributed by atoms with E-state index in [2.05, 4.69) is 15.4 Å². The molecule has 7 nitrogen and oxygen atoms in total. The highest BCUT2D eigenvalue weighted by molar-refractivity contribution is 6.31. The van der Waals surface area contributed by atoms with Crippen LogP contribution < -0.4 is 5.32 Å². The van der Waals surface area contributed by atoms with E-state index < -0.39 is 17.8 Å². The molecule has 2 heterocycles. The van der Waals surface area contributed by atoms with Gasteiger partial charge in [-0.15, -0.1) is 0 Å². The molecule has 2 aliphatic carbocycles. The molecule has 2 saturated carbocycles. The van der Waals surface area contributed by atoms with E-state index in [4.69, 9.17) is 11.6 Å². The lowest BCUT2D eigenvalue weighted by atomic mass is 9.90. The molecule has 0 spiro atoms. The minimum absolute atomic E-state index is 0.0241. The molecule has 11 heteroatoms. The highest BCUT2D eigenvalue weighted by atomic mass is 35.5. The van der Waals surface area contributed by atoms with Gasteiger partial charge in [-0.3, -0.25) is 9.48 Å². The van der Waals surface area contributed by atoms with Crippen LogP contribution in [0.4, 0.5) is 18.9 Å². The number of aromatic nitrogens is 4. The lowest BCUT2D eigenvalue weighted by Gasteiger charge is -2.25. The Bertz CT molecular complexity index is 1290. The largest absolute Gasteiger partial charge is 0.384 e. The molecule has 2 aliphatic rings. The van der Waals surface area contributed by atoms with Crippen molar-refractivity contribution < 1.29 is 23.1 Å². The molecule has 2 unspecified atom stereocenters. The van der Waals surface area contributed by atoms with Crippen LogP contribution in [-0.4, -0.2) is 30.3 Å². The Morgan fingerprint density at radius 3 is 2.58 bits per heavy atom. The van der Waals surface area contributed by atoms with Gasteiger partial charge in [-0.1, -0.05) is 11.6 Å². The first kappa shape index (κ1) is 24.8. The molecular weight excluding hydrogens is 495 g/mol. The number of benzene rings is 1. The van der Waals surface area contributed by atoms with Crippen LogP contribution in [0, 0.1) is 17.7 Å². The summed E-state index contributed by atoms with van der Waals surface area (Å²) in [4.78, 5) is 17.6. The average molecular weight is 522 g/mol. The third-order valence-corrected chi connectivity index (χ3v) is 7.87. The number of rotatable bonds is 6. The molecule has 5 rings (SSSR count). The summed E-state index contributed by atoms with van der Waals surface area (Å²) in [5.41, 5.74) is 0.398. The lowest BCUT2D eigenvalue weighted by Crippen LogP contribution is -2.27. The lowest BCUT2D eigenvalue weighted by molar-refractivity contribution is 0.0255. The summed E-state index contributed by atoms with van der Waals surface area (Å²) < 4.78 is 43.1. The van der Waals surface area contributed by atoms with E-state index in [9.17, 15) is 23.1 Å². The van der Waals surface area contributed by atoms with Crippen LogP contribution >= 0.6 is 11.6 Å². The van der Waals surface area contributed by atoms with Gasteiger partial charge in [-0.05, 0) is 68.7 Å². The predicted molar refractivity (Wildman–Crippen MR) is 128 cm³/mol. The number of hydrogen-bond donors (Lipinski definition) is 2. The van der Waals surface area contributed by atoms with Crippen LogP contribution in [0.5, 0.6) is 0 Å². The average Bonchev–Trinajstić information content (AvgIpc) is 3.57. The molecule has 0 aliphatic heterocycles. The molecule has 2 fully saturated rings. The van der Waals surface area contributed by atoms with Crippen LogP contribution in [-0.2, 0) is 19.2 Å². The smallest absolute Gasteiger partial charge is 0.282 e. The molecule has 2 atom stereocenters. The summed E-state index contributed by atoms with van der Waals surface area (Å²) in [6.45, 7) is 2.21. The van der Waals surface area contributed by atoms with E-state index in [-0.39, 0.29) is 34.4 Å². The fraction of sp³-hybridized carbons (Fsp3) is 0.480. The fourth-order valence-corrected chi connectivity index (χ4v) is 6.22. The number of aryl methyl sites for hydroxylation is 2. The molecule has 2 N–H and O–H groups in total. The maximum atomic E-state index is 13.5. The van der Waals surface area contributed by atoms with E-state index >= 15 is 0 Å². The number of alkyl halides is 2. The Morgan fingerprint density at radius 2 is 1.97 bits per heavy atom. The molecule has 36 heavy (non-hydrogen) atoms. The van der Waals surface area contributed by atoms with Gasteiger partial charge in [0.2, 0.25) is 0 Å². The zero-order valence-corrected chi connectivity index (χ0v) is 20.6. The molecule has 192 valence electrons. The Balaban J connectivity index is 1.33. The number of fused-ring (bicyclic) bond motifs is 1. The first-order chi connectivity index (χ1) is 17.1. The third-order valence-electron chi connectivity index (χ3n) is 7.58. The Morgan fingerprint density at radius 1 is 1.28 bits per heavy atom. The summed E-state index contributed by atoms with van der Waals surface area (Å²) in [6.07, 6.45) is 1.27. The minimum Gasteiger partial charge on any atom is -0.384 e. The number of carbonyl (C=O) groups excluding carboxylic acids is 1. The van der Waals surface area contributed by atoms with Crippen LogP contribution in [0.25, 0.3) is 0 Å². The van der Waals surface area contributed by atoms with Gasteiger partial charge >= 0.3 is 0 Å². The SMILES string of the molecule is CCn1nc(C(F)F)cc1C1(O)CC2CC(c3ncn(C)c3C(=O)Nc3ccc(F)c(Cl)c3)CC2C1. The number of amides is 1. The standard InChI is InChI=1S/C25H27ClF3N5O2/c1-3-34-20(9-19(32-34)23(28)29)25(36)10-14-6-13(7-15(14)11-25)21-22(33(2)12-30-21)24(35)31-16-4-5-18(27)17(26)8-16/h4-5,8-9,12-15,23,36H,3,6-7,10-11H2,1-2H3,(H,31,35). The van der Waals surface area contributed by atoms with Crippen LogP contribution in [0.1, 0.15) is 72.5 Å². The number of imidazole rings is 1. The number of nitrogens with one attached hydrogen (secondary N) is 1. The van der Waals surface area contributed by atoms with Crippen molar-refractivity contribution in [2.24, 2.45) is 18.9 Å². The number of halogens is 4. The molecule has 1 amide bonds. The van der Waals surface area contributed by atoms with Gasteiger partial charge in [0, 0.05) is 25.2 Å². The number of aliphatic hydroxyl groups is 1. The first-order valence-electron chi connectivity index (χ1n) is 12.0. The summed E-state index contributed by atoms with van der Waals surface area (Å²) in [6, 6.07) is 5.31. The van der Waals surface area contributed by atoms with Crippen LogP contribution in [0.15, 0.2) is 30.6 Å². The Kier molecular flexibility index (Phi) is 6.36. The topological polar surface area (TPSA) is 85.0 Å². The van der Waals surface area contributed by atoms with Crippen molar-refractivity contribution in [2.75, 3.05) is 5.32 Å². The quantitative estimate of drug-likeness (QED) is 0.454. The van der Waals surface area contributed by atoms with E-state index in [1.54, 1.807) is 17.9 Å². The molecular formula is C25H27ClF3N5O2. The van der Waals surface area contributed by atoms with E-state index in [0.717, 1.165) is 12.8 Å². The Labute approximate surface area is 211 Å². The van der Waals surface area contributed by atoms with Crippen molar-refractivity contribution in [1.29, 1.82) is 0 Å². The van der Waals surface area contributed by atoms with Crippen molar-refractivity contribution in [3.63, 3.8) is 0 Å². The van der Waals surface area contributed by atoms with E-state index in [1.807, 2.05) is 6.92 Å². The Hall–Kier alpha value is -2.85. The second-order valence-electron chi connectivity index (χ2n) is 9.87. The maximum Gasteiger partial charge on any atom is 0.282 e. The number of anilines is 1. The molecule has 3 aromatic rings. The van der Waals surface area contributed by atoms with Gasteiger partial charge in [0.25, 0.3) is 12.3 Å². The molecule has 0 bridgehead atoms. The van der Waals surface area contributed by atoms with Gasteiger partial charge in [-0.2, -0.15) is 5.10 Å². The molecule has 2 aromatic heterocycles. The van der Waals surface area contributed by atoms with Gasteiger partial charge in [-0.25, -0.2) is 18.2 Å². The summed E-state index contributed by atoms with van der Waals surface area (Å²) in [5, 5.41) is 18.1. The van der Waals surface area contributed by atoms with Gasteiger partial charge < -0.3 is 15.0 Å². The molecule has 0 radical (unpaired) electrons. The van der Waals surface area contributed by atoms with E-state index in [0.29, 0.717) is 42.2 Å².